The molecule has 0 aromatic carbocycles. The molecular weight excluding hydrogens is 278 g/mol. The Morgan fingerprint density at radius 1 is 1.05 bits per heavy atom. The summed E-state index contributed by atoms with van der Waals surface area (Å²) in [6.07, 6.45) is 8.70. The first kappa shape index (κ1) is 15.8. The lowest BCUT2D eigenvalue weighted by atomic mass is 10.0. The molecule has 3 unspecified atom stereocenters. The third-order valence-electron chi connectivity index (χ3n) is 5.76. The van der Waals surface area contributed by atoms with Crippen molar-refractivity contribution >= 4 is 11.8 Å². The number of piperidine rings is 1. The molecule has 3 fully saturated rings. The molecule has 1 aliphatic heterocycles. The van der Waals surface area contributed by atoms with Crippen LogP contribution in [0.2, 0.25) is 0 Å². The molecule has 3 atom stereocenters. The van der Waals surface area contributed by atoms with Crippen molar-refractivity contribution < 1.29 is 9.59 Å². The summed E-state index contributed by atoms with van der Waals surface area (Å²) in [7, 11) is 0. The maximum atomic E-state index is 12.9. The topological polar surface area (TPSA) is 75.4 Å². The minimum Gasteiger partial charge on any atom is -0.354 e. The summed E-state index contributed by atoms with van der Waals surface area (Å²) < 4.78 is 0. The van der Waals surface area contributed by atoms with Crippen molar-refractivity contribution in [1.82, 2.24) is 10.2 Å². The Bertz CT molecular complexity index is 414. The van der Waals surface area contributed by atoms with E-state index in [0.717, 1.165) is 25.8 Å². The molecule has 124 valence electrons. The Morgan fingerprint density at radius 2 is 1.73 bits per heavy atom. The van der Waals surface area contributed by atoms with Gasteiger partial charge < -0.3 is 16.0 Å². The standard InChI is InChI=1S/C17H29N3O2/c18-9-8-15(21)19-11-12-5-3-4-10-20(12)17(22)16-13-6-1-2-7-14(13)16/h12-14,16H,1-11,18H2,(H,19,21). The number of nitrogens with one attached hydrogen (secondary N) is 1. The van der Waals surface area contributed by atoms with Crippen LogP contribution in [0, 0.1) is 17.8 Å². The highest BCUT2D eigenvalue weighted by atomic mass is 16.2. The van der Waals surface area contributed by atoms with E-state index >= 15 is 0 Å². The molecule has 0 bridgehead atoms. The van der Waals surface area contributed by atoms with E-state index in [4.69, 9.17) is 5.73 Å². The van der Waals surface area contributed by atoms with Crippen LogP contribution in [-0.4, -0.2) is 42.4 Å². The largest absolute Gasteiger partial charge is 0.354 e. The molecule has 0 aromatic heterocycles. The number of hydrogen-bond donors (Lipinski definition) is 2. The number of nitrogens with zero attached hydrogens (tertiary/aromatic N) is 1. The van der Waals surface area contributed by atoms with Gasteiger partial charge in [0, 0.05) is 38.0 Å². The maximum absolute atomic E-state index is 12.9. The predicted octanol–water partition coefficient (Wildman–Crippen LogP) is 1.27. The highest BCUT2D eigenvalue weighted by Gasteiger charge is 2.56. The van der Waals surface area contributed by atoms with Gasteiger partial charge in [-0.2, -0.15) is 0 Å². The summed E-state index contributed by atoms with van der Waals surface area (Å²) in [5, 5.41) is 2.95. The Kier molecular flexibility index (Phi) is 5.01. The van der Waals surface area contributed by atoms with Gasteiger partial charge in [-0.1, -0.05) is 12.8 Å². The van der Waals surface area contributed by atoms with Crippen LogP contribution in [0.4, 0.5) is 0 Å². The molecule has 5 nitrogen and oxygen atoms in total. The van der Waals surface area contributed by atoms with Crippen LogP contribution in [-0.2, 0) is 9.59 Å². The minimum absolute atomic E-state index is 0.000522. The average molecular weight is 307 g/mol. The van der Waals surface area contributed by atoms with Crippen molar-refractivity contribution in [1.29, 1.82) is 0 Å². The Hall–Kier alpha value is -1.10. The van der Waals surface area contributed by atoms with Crippen LogP contribution in [0.25, 0.3) is 0 Å². The first-order valence-electron chi connectivity index (χ1n) is 8.99. The lowest BCUT2D eigenvalue weighted by molar-refractivity contribution is -0.137. The van der Waals surface area contributed by atoms with E-state index < -0.39 is 0 Å². The van der Waals surface area contributed by atoms with Crippen LogP contribution < -0.4 is 11.1 Å². The molecule has 0 spiro atoms. The quantitative estimate of drug-likeness (QED) is 0.803. The molecule has 22 heavy (non-hydrogen) atoms. The number of hydrogen-bond acceptors (Lipinski definition) is 3. The molecule has 3 rings (SSSR count). The second-order valence-electron chi connectivity index (χ2n) is 7.16. The van der Waals surface area contributed by atoms with Gasteiger partial charge in [0.15, 0.2) is 0 Å². The summed E-state index contributed by atoms with van der Waals surface area (Å²) in [4.78, 5) is 26.6. The molecular formula is C17H29N3O2. The fourth-order valence-electron chi connectivity index (χ4n) is 4.50. The zero-order chi connectivity index (χ0) is 15.5. The molecule has 2 aliphatic carbocycles. The number of fused-ring (bicyclic) bond motifs is 1. The molecule has 2 amide bonds. The SMILES string of the molecule is NCCC(=O)NCC1CCCCN1C(=O)C1C2CCCCC21. The molecule has 3 aliphatic rings. The number of amides is 2. The predicted molar refractivity (Wildman–Crippen MR) is 85.0 cm³/mol. The van der Waals surface area contributed by atoms with Gasteiger partial charge in [0.2, 0.25) is 11.8 Å². The molecule has 0 aromatic rings. The molecule has 5 heteroatoms. The number of likely N-dealkylation sites (tertiary alicyclic amines) is 1. The van der Waals surface area contributed by atoms with Crippen molar-refractivity contribution in [2.75, 3.05) is 19.6 Å². The number of carbonyl (C=O) groups is 2. The van der Waals surface area contributed by atoms with Gasteiger partial charge in [-0.25, -0.2) is 0 Å². The zero-order valence-electron chi connectivity index (χ0n) is 13.4. The van der Waals surface area contributed by atoms with Crippen molar-refractivity contribution in [3.05, 3.63) is 0 Å². The highest BCUT2D eigenvalue weighted by molar-refractivity contribution is 5.83. The van der Waals surface area contributed by atoms with E-state index in [1.54, 1.807) is 0 Å². The van der Waals surface area contributed by atoms with Gasteiger partial charge in [-0.05, 0) is 43.9 Å². The number of nitrogens with two attached hydrogens (primary N) is 1. The van der Waals surface area contributed by atoms with Crippen LogP contribution >= 0.6 is 0 Å². The normalized spacial score (nSPS) is 34.0. The maximum Gasteiger partial charge on any atom is 0.226 e. The van der Waals surface area contributed by atoms with Gasteiger partial charge in [-0.15, -0.1) is 0 Å². The monoisotopic (exact) mass is 307 g/mol. The van der Waals surface area contributed by atoms with Crippen LogP contribution in [0.1, 0.15) is 51.4 Å². The summed E-state index contributed by atoms with van der Waals surface area (Å²) in [6, 6.07) is 0.186. The third-order valence-corrected chi connectivity index (χ3v) is 5.76. The minimum atomic E-state index is 0.000522. The Labute approximate surface area is 133 Å². The van der Waals surface area contributed by atoms with Gasteiger partial charge >= 0.3 is 0 Å². The van der Waals surface area contributed by atoms with E-state index in [-0.39, 0.29) is 11.9 Å². The van der Waals surface area contributed by atoms with E-state index in [1.807, 2.05) is 0 Å². The Morgan fingerprint density at radius 3 is 2.41 bits per heavy atom. The first-order chi connectivity index (χ1) is 10.7. The molecule has 2 saturated carbocycles. The summed E-state index contributed by atoms with van der Waals surface area (Å²) in [5.41, 5.74) is 5.40. The summed E-state index contributed by atoms with van der Waals surface area (Å²) in [6.45, 7) is 1.84. The molecule has 0 radical (unpaired) electrons. The zero-order valence-corrected chi connectivity index (χ0v) is 13.4. The lowest BCUT2D eigenvalue weighted by Gasteiger charge is -2.36. The van der Waals surface area contributed by atoms with Crippen molar-refractivity contribution in [3.8, 4) is 0 Å². The van der Waals surface area contributed by atoms with Crippen LogP contribution in [0.15, 0.2) is 0 Å². The van der Waals surface area contributed by atoms with Gasteiger partial charge in [0.1, 0.15) is 0 Å². The van der Waals surface area contributed by atoms with Gasteiger partial charge in [0.25, 0.3) is 0 Å². The lowest BCUT2D eigenvalue weighted by Crippen LogP contribution is -2.50. The fraction of sp³-hybridized carbons (Fsp3) is 0.882. The third kappa shape index (κ3) is 3.29. The van der Waals surface area contributed by atoms with Gasteiger partial charge in [0.05, 0.1) is 0 Å². The number of rotatable bonds is 5. The first-order valence-corrected chi connectivity index (χ1v) is 8.99. The fourth-order valence-corrected chi connectivity index (χ4v) is 4.50. The van der Waals surface area contributed by atoms with E-state index in [2.05, 4.69) is 10.2 Å². The molecule has 1 heterocycles. The van der Waals surface area contributed by atoms with Crippen molar-refractivity contribution in [2.24, 2.45) is 23.5 Å². The highest BCUT2D eigenvalue weighted by Crippen LogP contribution is 2.56. The second-order valence-corrected chi connectivity index (χ2v) is 7.16. The summed E-state index contributed by atoms with van der Waals surface area (Å²) in [5.74, 6) is 1.99. The molecule has 3 N–H and O–H groups in total. The average Bonchev–Trinajstić information content (AvgIpc) is 3.27. The van der Waals surface area contributed by atoms with Crippen LogP contribution in [0.5, 0.6) is 0 Å². The van der Waals surface area contributed by atoms with E-state index in [1.165, 1.54) is 25.7 Å². The van der Waals surface area contributed by atoms with Crippen molar-refractivity contribution in [2.45, 2.75) is 57.4 Å². The second kappa shape index (κ2) is 6.99. The van der Waals surface area contributed by atoms with E-state index in [0.29, 0.717) is 43.2 Å². The smallest absolute Gasteiger partial charge is 0.226 e. The van der Waals surface area contributed by atoms with Crippen molar-refractivity contribution in [3.63, 3.8) is 0 Å². The van der Waals surface area contributed by atoms with Gasteiger partial charge in [-0.3, -0.25) is 9.59 Å². The van der Waals surface area contributed by atoms with E-state index in [9.17, 15) is 9.59 Å². The summed E-state index contributed by atoms with van der Waals surface area (Å²) >= 11 is 0. The Balaban J connectivity index is 1.55. The number of carbonyl (C=O) groups excluding carboxylic acids is 2. The molecule has 1 saturated heterocycles. The van der Waals surface area contributed by atoms with Crippen LogP contribution in [0.3, 0.4) is 0 Å².